The highest BCUT2D eigenvalue weighted by atomic mass is 32.1. The van der Waals surface area contributed by atoms with Gasteiger partial charge in [0.25, 0.3) is 0 Å². The summed E-state index contributed by atoms with van der Waals surface area (Å²) in [6.45, 7) is 0. The van der Waals surface area contributed by atoms with Gasteiger partial charge in [0.2, 0.25) is 0 Å². The number of benzene rings is 1. The minimum absolute atomic E-state index is 0.250. The largest absolute Gasteiger partial charge is 0.573 e. The first kappa shape index (κ1) is 12.5. The lowest BCUT2D eigenvalue weighted by Crippen LogP contribution is -2.17. The van der Waals surface area contributed by atoms with Crippen molar-refractivity contribution in [1.29, 1.82) is 0 Å². The smallest absolute Gasteiger partial charge is 0.405 e. The van der Waals surface area contributed by atoms with Crippen LogP contribution in [-0.4, -0.2) is 6.36 Å². The Bertz CT molecular complexity index is 579. The fourth-order valence-corrected chi connectivity index (χ4v) is 2.13. The predicted octanol–water partition coefficient (Wildman–Crippen LogP) is 4.30. The highest BCUT2D eigenvalue weighted by molar-refractivity contribution is 7.08. The van der Waals surface area contributed by atoms with Gasteiger partial charge in [-0.15, -0.1) is 19.6 Å². The van der Waals surface area contributed by atoms with Crippen LogP contribution in [-0.2, 0) is 0 Å². The average Bonchev–Trinajstić information content (AvgIpc) is 2.81. The van der Waals surface area contributed by atoms with Gasteiger partial charge >= 0.3 is 6.36 Å². The quantitative estimate of drug-likeness (QED) is 0.738. The van der Waals surface area contributed by atoms with E-state index in [0.29, 0.717) is 16.7 Å². The van der Waals surface area contributed by atoms with Crippen LogP contribution in [0, 0.1) is 12.3 Å². The van der Waals surface area contributed by atoms with E-state index in [0.717, 1.165) is 0 Å². The Morgan fingerprint density at radius 1 is 1.22 bits per heavy atom. The summed E-state index contributed by atoms with van der Waals surface area (Å²) < 4.78 is 40.8. The van der Waals surface area contributed by atoms with Gasteiger partial charge in [0.1, 0.15) is 5.75 Å². The number of hydrogen-bond acceptors (Lipinski definition) is 2. The van der Waals surface area contributed by atoms with Gasteiger partial charge in [-0.25, -0.2) is 0 Å². The minimum Gasteiger partial charge on any atom is -0.405 e. The first-order chi connectivity index (χ1) is 8.49. The Morgan fingerprint density at radius 2 is 2.00 bits per heavy atom. The third-order valence-corrected chi connectivity index (χ3v) is 2.89. The van der Waals surface area contributed by atoms with Crippen LogP contribution >= 0.6 is 11.3 Å². The summed E-state index contributed by atoms with van der Waals surface area (Å²) in [6, 6.07) is 5.86. The molecule has 1 nitrogen and oxygen atoms in total. The zero-order valence-corrected chi connectivity index (χ0v) is 9.81. The second-order valence-electron chi connectivity index (χ2n) is 3.42. The molecule has 0 unspecified atom stereocenters. The van der Waals surface area contributed by atoms with E-state index in [1.165, 1.54) is 29.5 Å². The van der Waals surface area contributed by atoms with E-state index in [9.17, 15) is 13.2 Å². The molecule has 0 radical (unpaired) electrons. The van der Waals surface area contributed by atoms with Gasteiger partial charge in [-0.3, -0.25) is 0 Å². The fourth-order valence-electron chi connectivity index (χ4n) is 1.48. The van der Waals surface area contributed by atoms with Gasteiger partial charge in [-0.1, -0.05) is 5.92 Å². The number of hydrogen-bond donors (Lipinski definition) is 0. The van der Waals surface area contributed by atoms with Gasteiger partial charge in [-0.05, 0) is 40.6 Å². The lowest BCUT2D eigenvalue weighted by Gasteiger charge is -2.13. The summed E-state index contributed by atoms with van der Waals surface area (Å²) in [7, 11) is 0. The maximum absolute atomic E-state index is 12.3. The Balaban J connectivity index is 2.50. The summed E-state index contributed by atoms with van der Waals surface area (Å²) >= 11 is 1.39. The highest BCUT2D eigenvalue weighted by Gasteiger charge is 2.32. The lowest BCUT2D eigenvalue weighted by molar-refractivity contribution is -0.274. The SMILES string of the molecule is C#Cc1ccc(OC(F)(F)F)c(-c2ccsc2)c1. The molecule has 0 saturated carbocycles. The van der Waals surface area contributed by atoms with E-state index >= 15 is 0 Å². The molecule has 2 aromatic rings. The van der Waals surface area contributed by atoms with Gasteiger partial charge in [-0.2, -0.15) is 11.3 Å². The van der Waals surface area contributed by atoms with E-state index in [1.807, 2.05) is 0 Å². The molecule has 0 N–H and O–H groups in total. The zero-order valence-electron chi connectivity index (χ0n) is 8.99. The Hall–Kier alpha value is -1.93. The Labute approximate surface area is 106 Å². The molecule has 0 fully saturated rings. The van der Waals surface area contributed by atoms with Crippen LogP contribution in [0.4, 0.5) is 13.2 Å². The molecular weight excluding hydrogens is 261 g/mol. The normalized spacial score (nSPS) is 11.0. The van der Waals surface area contributed by atoms with Gasteiger partial charge in [0.05, 0.1) is 0 Å². The molecule has 1 heterocycles. The van der Waals surface area contributed by atoms with E-state index < -0.39 is 6.36 Å². The highest BCUT2D eigenvalue weighted by Crippen LogP contribution is 2.35. The number of ether oxygens (including phenoxy) is 1. The standard InChI is InChI=1S/C13H7F3OS/c1-2-9-3-4-12(17-13(14,15)16)11(7-9)10-5-6-18-8-10/h1,3-8H. The monoisotopic (exact) mass is 268 g/mol. The van der Waals surface area contributed by atoms with Gasteiger partial charge in [0, 0.05) is 11.1 Å². The Kier molecular flexibility index (Phi) is 3.30. The van der Waals surface area contributed by atoms with E-state index in [4.69, 9.17) is 6.42 Å². The van der Waals surface area contributed by atoms with Gasteiger partial charge in [0.15, 0.2) is 0 Å². The van der Waals surface area contributed by atoms with E-state index in [2.05, 4.69) is 10.7 Å². The van der Waals surface area contributed by atoms with Crippen molar-refractivity contribution >= 4 is 11.3 Å². The third-order valence-electron chi connectivity index (χ3n) is 2.20. The number of alkyl halides is 3. The summed E-state index contributed by atoms with van der Waals surface area (Å²) in [5, 5.41) is 3.51. The van der Waals surface area contributed by atoms with E-state index in [-0.39, 0.29) is 5.75 Å². The molecule has 0 aliphatic carbocycles. The van der Waals surface area contributed by atoms with Crippen molar-refractivity contribution in [3.8, 4) is 29.2 Å². The summed E-state index contributed by atoms with van der Waals surface area (Å²) in [5.74, 6) is 2.14. The molecule has 5 heteroatoms. The number of rotatable bonds is 2. The van der Waals surface area contributed by atoms with Crippen LogP contribution in [0.3, 0.4) is 0 Å². The van der Waals surface area contributed by atoms with Crippen molar-refractivity contribution in [2.45, 2.75) is 6.36 Å². The molecule has 1 aromatic heterocycles. The lowest BCUT2D eigenvalue weighted by atomic mass is 10.0. The maximum atomic E-state index is 12.3. The molecule has 1 aromatic carbocycles. The van der Waals surface area contributed by atoms with Crippen molar-refractivity contribution < 1.29 is 17.9 Å². The average molecular weight is 268 g/mol. The second-order valence-corrected chi connectivity index (χ2v) is 4.20. The topological polar surface area (TPSA) is 9.23 Å². The van der Waals surface area contributed by atoms with Crippen LogP contribution in [0.5, 0.6) is 5.75 Å². The molecule has 0 saturated heterocycles. The van der Waals surface area contributed by atoms with Crippen LogP contribution in [0.2, 0.25) is 0 Å². The molecule has 18 heavy (non-hydrogen) atoms. The van der Waals surface area contributed by atoms with E-state index in [1.54, 1.807) is 16.8 Å². The van der Waals surface area contributed by atoms with Crippen LogP contribution in [0.25, 0.3) is 11.1 Å². The fraction of sp³-hybridized carbons (Fsp3) is 0.0769. The molecule has 0 bridgehead atoms. The maximum Gasteiger partial charge on any atom is 0.573 e. The molecule has 0 atom stereocenters. The van der Waals surface area contributed by atoms with Gasteiger partial charge < -0.3 is 4.74 Å². The summed E-state index contributed by atoms with van der Waals surface area (Å²) in [5.41, 5.74) is 1.49. The number of halogens is 3. The van der Waals surface area contributed by atoms with Crippen molar-refractivity contribution in [1.82, 2.24) is 0 Å². The predicted molar refractivity (Wildman–Crippen MR) is 64.4 cm³/mol. The molecular formula is C13H7F3OS. The van der Waals surface area contributed by atoms with Crippen molar-refractivity contribution in [2.75, 3.05) is 0 Å². The second kappa shape index (κ2) is 4.75. The molecule has 0 aliphatic heterocycles. The molecule has 0 aliphatic rings. The van der Waals surface area contributed by atoms with Crippen molar-refractivity contribution in [3.05, 3.63) is 40.6 Å². The van der Waals surface area contributed by atoms with Crippen molar-refractivity contribution in [2.24, 2.45) is 0 Å². The van der Waals surface area contributed by atoms with Crippen LogP contribution in [0.15, 0.2) is 35.0 Å². The first-order valence-electron chi connectivity index (χ1n) is 4.88. The molecule has 0 spiro atoms. The first-order valence-corrected chi connectivity index (χ1v) is 5.83. The molecule has 92 valence electrons. The Morgan fingerprint density at radius 3 is 2.56 bits per heavy atom. The number of terminal acetylenes is 1. The zero-order chi connectivity index (χ0) is 13.2. The van der Waals surface area contributed by atoms with Crippen LogP contribution in [0.1, 0.15) is 5.56 Å². The minimum atomic E-state index is -4.72. The third kappa shape index (κ3) is 2.84. The van der Waals surface area contributed by atoms with Crippen molar-refractivity contribution in [3.63, 3.8) is 0 Å². The summed E-state index contributed by atoms with van der Waals surface area (Å²) in [6.07, 6.45) is 0.519. The van der Waals surface area contributed by atoms with Crippen LogP contribution < -0.4 is 4.74 Å². The summed E-state index contributed by atoms with van der Waals surface area (Å²) in [4.78, 5) is 0. The molecule has 0 amide bonds. The molecule has 2 rings (SSSR count). The number of thiophene rings is 1.